The van der Waals surface area contributed by atoms with Crippen LogP contribution in [0.25, 0.3) is 54.2 Å². The maximum Gasteiger partial charge on any atom is 0.0546 e. The van der Waals surface area contributed by atoms with Crippen molar-refractivity contribution >= 4 is 88.6 Å². The monoisotopic (exact) mass is 814 g/mol. The van der Waals surface area contributed by atoms with Gasteiger partial charge in [-0.1, -0.05) is 123 Å². The van der Waals surface area contributed by atoms with E-state index in [1.807, 2.05) is 0 Å². The molecular weight excluding hydrogens is 765 g/mol. The molecule has 1 aliphatic rings. The minimum atomic E-state index is -0.283. The molecule has 0 aromatic heterocycles. The molecule has 10 aromatic carbocycles. The van der Waals surface area contributed by atoms with E-state index in [9.17, 15) is 0 Å². The molecular formula is C59H50N4. The maximum absolute atomic E-state index is 2.46. The second-order valence-corrected chi connectivity index (χ2v) is 17.9. The van der Waals surface area contributed by atoms with Gasteiger partial charge in [0.15, 0.2) is 0 Å². The first-order valence-electron chi connectivity index (χ1n) is 21.9. The number of hydrogen-bond donors (Lipinski definition) is 0. The zero-order valence-corrected chi connectivity index (χ0v) is 36.8. The maximum atomic E-state index is 2.46. The van der Waals surface area contributed by atoms with Gasteiger partial charge in [0.05, 0.1) is 11.4 Å². The summed E-state index contributed by atoms with van der Waals surface area (Å²) >= 11 is 0. The van der Waals surface area contributed by atoms with Crippen LogP contribution in [-0.4, -0.2) is 28.2 Å². The molecule has 0 saturated carbocycles. The summed E-state index contributed by atoms with van der Waals surface area (Å²) in [6, 6.07) is 72.1. The molecule has 4 heteroatoms. The van der Waals surface area contributed by atoms with Crippen LogP contribution >= 0.6 is 0 Å². The number of benzene rings is 10. The first kappa shape index (κ1) is 38.4. The lowest BCUT2D eigenvalue weighted by atomic mass is 9.82. The Morgan fingerprint density at radius 1 is 0.302 bits per heavy atom. The predicted octanol–water partition coefficient (Wildman–Crippen LogP) is 15.7. The molecule has 63 heavy (non-hydrogen) atoms. The van der Waals surface area contributed by atoms with Gasteiger partial charge in [0.2, 0.25) is 0 Å². The van der Waals surface area contributed by atoms with Crippen LogP contribution in [0.15, 0.2) is 194 Å². The van der Waals surface area contributed by atoms with E-state index in [1.165, 1.54) is 76.7 Å². The van der Waals surface area contributed by atoms with Gasteiger partial charge >= 0.3 is 0 Å². The van der Waals surface area contributed by atoms with E-state index in [2.05, 4.69) is 256 Å². The van der Waals surface area contributed by atoms with Crippen molar-refractivity contribution in [3.8, 4) is 11.1 Å². The molecule has 306 valence electrons. The van der Waals surface area contributed by atoms with Gasteiger partial charge < -0.3 is 19.6 Å². The van der Waals surface area contributed by atoms with E-state index in [0.717, 1.165) is 34.1 Å². The Balaban J connectivity index is 1.08. The third-order valence-corrected chi connectivity index (χ3v) is 13.4. The highest BCUT2D eigenvalue weighted by Crippen LogP contribution is 2.53. The van der Waals surface area contributed by atoms with Crippen LogP contribution in [0.5, 0.6) is 0 Å². The number of hydrogen-bond acceptors (Lipinski definition) is 4. The van der Waals surface area contributed by atoms with E-state index in [-0.39, 0.29) is 5.41 Å². The molecule has 0 bridgehead atoms. The zero-order chi connectivity index (χ0) is 43.0. The molecule has 0 amide bonds. The van der Waals surface area contributed by atoms with Crippen molar-refractivity contribution in [1.29, 1.82) is 0 Å². The van der Waals surface area contributed by atoms with E-state index < -0.39 is 0 Å². The van der Waals surface area contributed by atoms with Crippen LogP contribution in [0.4, 0.5) is 45.5 Å². The molecule has 0 heterocycles. The van der Waals surface area contributed by atoms with Crippen molar-refractivity contribution < 1.29 is 0 Å². The van der Waals surface area contributed by atoms with E-state index >= 15 is 0 Å². The second-order valence-electron chi connectivity index (χ2n) is 17.9. The van der Waals surface area contributed by atoms with Gasteiger partial charge in [0.1, 0.15) is 0 Å². The van der Waals surface area contributed by atoms with Crippen LogP contribution in [0, 0.1) is 0 Å². The number of nitrogens with zero attached hydrogens (tertiary/aromatic N) is 4. The van der Waals surface area contributed by atoms with Crippen LogP contribution in [0.3, 0.4) is 0 Å². The average Bonchev–Trinajstić information content (AvgIpc) is 3.54. The van der Waals surface area contributed by atoms with Gasteiger partial charge in [-0.3, -0.25) is 0 Å². The van der Waals surface area contributed by atoms with Gasteiger partial charge in [-0.25, -0.2) is 0 Å². The zero-order valence-electron chi connectivity index (χ0n) is 36.8. The Morgan fingerprint density at radius 3 is 1.00 bits per heavy atom. The highest BCUT2D eigenvalue weighted by Gasteiger charge is 2.37. The third-order valence-electron chi connectivity index (χ3n) is 13.4. The summed E-state index contributed by atoms with van der Waals surface area (Å²) in [6.07, 6.45) is 0. The summed E-state index contributed by atoms with van der Waals surface area (Å²) in [4.78, 5) is 9.24. The van der Waals surface area contributed by atoms with Crippen molar-refractivity contribution in [3.05, 3.63) is 205 Å². The lowest BCUT2D eigenvalue weighted by Gasteiger charge is -2.30. The minimum absolute atomic E-state index is 0.283. The Morgan fingerprint density at radius 2 is 0.619 bits per heavy atom. The molecule has 4 nitrogen and oxygen atoms in total. The molecule has 0 spiro atoms. The molecule has 0 saturated heterocycles. The summed E-state index contributed by atoms with van der Waals surface area (Å²) in [5, 5.41) is 9.93. The van der Waals surface area contributed by atoms with Crippen molar-refractivity contribution in [2.24, 2.45) is 0 Å². The largest absolute Gasteiger partial charge is 0.378 e. The average molecular weight is 815 g/mol. The Labute approximate surface area is 370 Å². The Hall–Kier alpha value is -7.56. The van der Waals surface area contributed by atoms with Crippen molar-refractivity contribution in [3.63, 3.8) is 0 Å². The molecule has 0 aliphatic heterocycles. The summed E-state index contributed by atoms with van der Waals surface area (Å²) in [7, 11) is 8.39. The predicted molar refractivity (Wildman–Crippen MR) is 272 cm³/mol. The van der Waals surface area contributed by atoms with Gasteiger partial charge in [0.25, 0.3) is 0 Å². The molecule has 11 rings (SSSR count). The lowest BCUT2D eigenvalue weighted by Crippen LogP contribution is -2.18. The summed E-state index contributed by atoms with van der Waals surface area (Å²) in [6.45, 7) is 4.79. The smallest absolute Gasteiger partial charge is 0.0546 e. The highest BCUT2D eigenvalue weighted by atomic mass is 15.2. The molecule has 1 aliphatic carbocycles. The number of rotatable bonds is 8. The first-order valence-corrected chi connectivity index (χ1v) is 21.9. The fourth-order valence-corrected chi connectivity index (χ4v) is 10.1. The molecule has 0 radical (unpaired) electrons. The van der Waals surface area contributed by atoms with Gasteiger partial charge in [0, 0.05) is 78.5 Å². The van der Waals surface area contributed by atoms with Crippen molar-refractivity contribution in [2.45, 2.75) is 19.3 Å². The minimum Gasteiger partial charge on any atom is -0.378 e. The molecule has 0 fully saturated rings. The quantitative estimate of drug-likeness (QED) is 0.142. The third kappa shape index (κ3) is 6.28. The summed E-state index contributed by atoms with van der Waals surface area (Å²) in [5.41, 5.74) is 14.1. The fraction of sp³-hybridized carbons (Fsp3) is 0.119. The standard InChI is InChI=1S/C59H50N4/c1-59(2)55-37-45(62(43-27-23-41(24-28-43)60(3)4)57-35-39-15-7-9-17-47(39)49-19-11-13-21-53(49)57)31-33-51(55)52-34-32-46(38-56(52)59)63(44-29-25-42(26-30-44)61(5)6)58-36-40-16-8-10-18-48(40)50-20-12-14-22-54(50)58/h7-38H,1-6H3. The van der Waals surface area contributed by atoms with E-state index in [1.54, 1.807) is 0 Å². The Kier molecular flexibility index (Phi) is 9.02. The Bertz CT molecular complexity index is 3150. The van der Waals surface area contributed by atoms with Crippen LogP contribution in [0.1, 0.15) is 25.0 Å². The van der Waals surface area contributed by atoms with Crippen LogP contribution in [-0.2, 0) is 5.41 Å². The van der Waals surface area contributed by atoms with Crippen molar-refractivity contribution in [2.75, 3.05) is 47.8 Å². The molecule has 10 aromatic rings. The topological polar surface area (TPSA) is 13.0 Å². The van der Waals surface area contributed by atoms with Gasteiger partial charge in [-0.2, -0.15) is 0 Å². The first-order chi connectivity index (χ1) is 30.7. The van der Waals surface area contributed by atoms with Crippen molar-refractivity contribution in [1.82, 2.24) is 0 Å². The molecule has 0 unspecified atom stereocenters. The van der Waals surface area contributed by atoms with Gasteiger partial charge in [-0.05, 0) is 140 Å². The second kappa shape index (κ2) is 14.8. The summed E-state index contributed by atoms with van der Waals surface area (Å²) < 4.78 is 0. The fourth-order valence-electron chi connectivity index (χ4n) is 10.1. The van der Waals surface area contributed by atoms with E-state index in [0.29, 0.717) is 0 Å². The van der Waals surface area contributed by atoms with Crippen LogP contribution < -0.4 is 19.6 Å². The normalized spacial score (nSPS) is 12.7. The SMILES string of the molecule is CN(C)c1ccc(N(c2ccc3c(c2)C(C)(C)c2cc(N(c4ccc(N(C)C)cc4)c4cc5ccccc5c5ccccc45)ccc2-3)c2cc3ccccc3c3ccccc23)cc1. The molecule has 0 atom stereocenters. The number of fused-ring (bicyclic) bond motifs is 9. The molecule has 0 N–H and O–H groups in total. The van der Waals surface area contributed by atoms with Gasteiger partial charge in [-0.15, -0.1) is 0 Å². The number of anilines is 8. The van der Waals surface area contributed by atoms with E-state index in [4.69, 9.17) is 0 Å². The van der Waals surface area contributed by atoms with Crippen LogP contribution in [0.2, 0.25) is 0 Å². The lowest BCUT2D eigenvalue weighted by molar-refractivity contribution is 0.660. The summed E-state index contributed by atoms with van der Waals surface area (Å²) in [5.74, 6) is 0. The highest BCUT2D eigenvalue weighted by molar-refractivity contribution is 6.16.